The summed E-state index contributed by atoms with van der Waals surface area (Å²) in [4.78, 5) is 3.75. The fourth-order valence-corrected chi connectivity index (χ4v) is 1.05. The zero-order chi connectivity index (χ0) is 8.43. The van der Waals surface area contributed by atoms with E-state index in [1.165, 1.54) is 6.20 Å². The van der Waals surface area contributed by atoms with E-state index in [2.05, 4.69) is 4.98 Å². The summed E-state index contributed by atoms with van der Waals surface area (Å²) in [5.41, 5.74) is 0.983. The Bertz CT molecular complexity index is 267. The summed E-state index contributed by atoms with van der Waals surface area (Å²) >= 11 is 5.64. The molecule has 0 saturated heterocycles. The lowest BCUT2D eigenvalue weighted by molar-refractivity contribution is 0.424. The molecule has 0 bridgehead atoms. The summed E-state index contributed by atoms with van der Waals surface area (Å²) in [6, 6.07) is 1.63. The van der Waals surface area contributed by atoms with Crippen LogP contribution in [0.25, 0.3) is 0 Å². The molecule has 0 aliphatic carbocycles. The van der Waals surface area contributed by atoms with Gasteiger partial charge in [-0.2, -0.15) is 0 Å². The molecule has 0 fully saturated rings. The van der Waals surface area contributed by atoms with Crippen molar-refractivity contribution >= 4 is 24.3 Å². The molecule has 0 radical (unpaired) electrons. The Kier molecular flexibility index (Phi) is 2.49. The van der Waals surface area contributed by atoms with Gasteiger partial charge in [0, 0.05) is 6.20 Å². The second-order valence-electron chi connectivity index (χ2n) is 2.25. The van der Waals surface area contributed by atoms with Crippen molar-refractivity contribution in [2.45, 2.75) is 6.92 Å². The van der Waals surface area contributed by atoms with Crippen molar-refractivity contribution in [1.29, 1.82) is 0 Å². The lowest BCUT2D eigenvalue weighted by Crippen LogP contribution is -2.33. The van der Waals surface area contributed by atoms with Crippen molar-refractivity contribution in [3.05, 3.63) is 22.8 Å². The third-order valence-electron chi connectivity index (χ3n) is 1.25. The third-order valence-corrected chi connectivity index (χ3v) is 1.55. The van der Waals surface area contributed by atoms with E-state index in [1.54, 1.807) is 6.07 Å². The predicted molar refractivity (Wildman–Crippen MR) is 43.8 cm³/mol. The van der Waals surface area contributed by atoms with Gasteiger partial charge in [0.2, 0.25) is 0 Å². The summed E-state index contributed by atoms with van der Waals surface area (Å²) in [6.45, 7) is 1.83. The van der Waals surface area contributed by atoms with Crippen molar-refractivity contribution in [2.24, 2.45) is 0 Å². The molecule has 0 aliphatic heterocycles. The molecule has 0 aromatic carbocycles. The monoisotopic (exact) mass is 171 g/mol. The molecule has 1 aromatic rings. The lowest BCUT2D eigenvalue weighted by atomic mass is 9.85. The first-order valence-electron chi connectivity index (χ1n) is 3.09. The molecule has 2 N–H and O–H groups in total. The molecular weight excluding hydrogens is 164 g/mol. The number of rotatable bonds is 1. The van der Waals surface area contributed by atoms with Crippen molar-refractivity contribution in [2.75, 3.05) is 0 Å². The number of aromatic nitrogens is 1. The van der Waals surface area contributed by atoms with Crippen molar-refractivity contribution in [3.63, 3.8) is 0 Å². The van der Waals surface area contributed by atoms with Crippen LogP contribution in [-0.4, -0.2) is 22.2 Å². The molecule has 0 aliphatic rings. The van der Waals surface area contributed by atoms with Crippen molar-refractivity contribution in [3.8, 4) is 0 Å². The summed E-state index contributed by atoms with van der Waals surface area (Å²) < 4.78 is 0. The van der Waals surface area contributed by atoms with E-state index in [1.807, 2.05) is 6.92 Å². The Hall–Kier alpha value is -0.575. The Morgan fingerprint density at radius 2 is 2.18 bits per heavy atom. The number of halogens is 1. The molecule has 5 heteroatoms. The van der Waals surface area contributed by atoms with Gasteiger partial charge in [-0.25, -0.2) is 0 Å². The lowest BCUT2D eigenvalue weighted by Gasteiger charge is -2.01. The van der Waals surface area contributed by atoms with Crippen LogP contribution >= 0.6 is 11.6 Å². The minimum atomic E-state index is -1.59. The molecule has 58 valence electrons. The average Bonchev–Trinajstić information content (AvgIpc) is 1.85. The number of hydrogen-bond acceptors (Lipinski definition) is 3. The van der Waals surface area contributed by atoms with Gasteiger partial charge >= 0.3 is 7.12 Å². The summed E-state index contributed by atoms with van der Waals surface area (Å²) in [5, 5.41) is 17.7. The number of aryl methyl sites for hydroxylation is 1. The van der Waals surface area contributed by atoms with E-state index in [0.717, 1.165) is 5.56 Å². The van der Waals surface area contributed by atoms with E-state index in [0.29, 0.717) is 0 Å². The number of nitrogens with zero attached hydrogens (tertiary/aromatic N) is 1. The van der Waals surface area contributed by atoms with Crippen LogP contribution in [0.4, 0.5) is 0 Å². The van der Waals surface area contributed by atoms with Crippen LogP contribution < -0.4 is 5.59 Å². The molecule has 3 nitrogen and oxygen atoms in total. The minimum Gasteiger partial charge on any atom is -0.422 e. The van der Waals surface area contributed by atoms with Crippen LogP contribution in [0.1, 0.15) is 5.56 Å². The van der Waals surface area contributed by atoms with Gasteiger partial charge in [-0.05, 0) is 18.6 Å². The Labute approximate surface area is 69.8 Å². The van der Waals surface area contributed by atoms with Crippen molar-refractivity contribution < 1.29 is 10.0 Å². The largest absolute Gasteiger partial charge is 0.509 e. The van der Waals surface area contributed by atoms with Gasteiger partial charge in [0.15, 0.2) is 0 Å². The van der Waals surface area contributed by atoms with Crippen LogP contribution in [0.3, 0.4) is 0 Å². The molecule has 0 unspecified atom stereocenters. The molecule has 11 heavy (non-hydrogen) atoms. The molecule has 1 rings (SSSR count). The highest BCUT2D eigenvalue weighted by atomic mass is 35.5. The summed E-state index contributed by atoms with van der Waals surface area (Å²) in [7, 11) is -1.59. The summed E-state index contributed by atoms with van der Waals surface area (Å²) in [5.74, 6) is 0. The van der Waals surface area contributed by atoms with Gasteiger partial charge < -0.3 is 10.0 Å². The van der Waals surface area contributed by atoms with Gasteiger partial charge in [0.25, 0.3) is 0 Å². The standard InChI is InChI=1S/C6H7BClNO2/c1-4-2-5(8)6(7(10)11)9-3-4/h2-3,10-11H,1H3. The Morgan fingerprint density at radius 3 is 2.64 bits per heavy atom. The van der Waals surface area contributed by atoms with E-state index in [-0.39, 0.29) is 10.6 Å². The maximum Gasteiger partial charge on any atom is 0.509 e. The van der Waals surface area contributed by atoms with Gasteiger partial charge in [0.1, 0.15) is 0 Å². The molecule has 0 saturated carbocycles. The zero-order valence-electron chi connectivity index (χ0n) is 5.95. The SMILES string of the molecule is Cc1cnc(B(O)O)c(Cl)c1. The zero-order valence-corrected chi connectivity index (χ0v) is 6.71. The number of hydrogen-bond donors (Lipinski definition) is 2. The van der Waals surface area contributed by atoms with E-state index in [4.69, 9.17) is 21.6 Å². The summed E-state index contributed by atoms with van der Waals surface area (Å²) in [6.07, 6.45) is 1.53. The number of pyridine rings is 1. The molecular formula is C6H7BClNO2. The fourth-order valence-electron chi connectivity index (χ4n) is 0.734. The van der Waals surface area contributed by atoms with Crippen molar-refractivity contribution in [1.82, 2.24) is 4.98 Å². The van der Waals surface area contributed by atoms with Crippen LogP contribution in [0.15, 0.2) is 12.3 Å². The Balaban J connectivity index is 3.09. The first kappa shape index (κ1) is 8.52. The third kappa shape index (κ3) is 1.93. The van der Waals surface area contributed by atoms with E-state index in [9.17, 15) is 0 Å². The highest BCUT2D eigenvalue weighted by molar-refractivity contribution is 6.61. The molecule has 0 atom stereocenters. The normalized spacial score (nSPS) is 9.82. The average molecular weight is 171 g/mol. The van der Waals surface area contributed by atoms with Gasteiger partial charge in [-0.3, -0.25) is 4.98 Å². The molecule has 1 heterocycles. The highest BCUT2D eigenvalue weighted by Crippen LogP contribution is 2.05. The van der Waals surface area contributed by atoms with E-state index < -0.39 is 7.12 Å². The molecule has 0 spiro atoms. The second kappa shape index (κ2) is 3.22. The first-order valence-corrected chi connectivity index (χ1v) is 3.47. The van der Waals surface area contributed by atoms with Gasteiger partial charge in [0.05, 0.1) is 10.6 Å². The quantitative estimate of drug-likeness (QED) is 0.572. The van der Waals surface area contributed by atoms with E-state index >= 15 is 0 Å². The highest BCUT2D eigenvalue weighted by Gasteiger charge is 2.16. The van der Waals surface area contributed by atoms with Crippen LogP contribution in [-0.2, 0) is 0 Å². The maximum atomic E-state index is 8.70. The van der Waals surface area contributed by atoms with Crippen LogP contribution in [0.2, 0.25) is 5.02 Å². The van der Waals surface area contributed by atoms with Crippen LogP contribution in [0.5, 0.6) is 0 Å². The second-order valence-corrected chi connectivity index (χ2v) is 2.66. The van der Waals surface area contributed by atoms with Gasteiger partial charge in [-0.1, -0.05) is 11.6 Å². The smallest absolute Gasteiger partial charge is 0.422 e. The molecule has 1 aromatic heterocycles. The first-order chi connectivity index (χ1) is 5.11. The fraction of sp³-hybridized carbons (Fsp3) is 0.167. The van der Waals surface area contributed by atoms with Crippen LogP contribution in [0, 0.1) is 6.92 Å². The Morgan fingerprint density at radius 1 is 1.55 bits per heavy atom. The van der Waals surface area contributed by atoms with Gasteiger partial charge in [-0.15, -0.1) is 0 Å². The minimum absolute atomic E-state index is 0.0947. The maximum absolute atomic E-state index is 8.70. The topological polar surface area (TPSA) is 53.4 Å². The predicted octanol–water partition coefficient (Wildman–Crippen LogP) is -0.277. The molecule has 0 amide bonds.